The predicted octanol–water partition coefficient (Wildman–Crippen LogP) is 4.88. The lowest BCUT2D eigenvalue weighted by Gasteiger charge is -2.29. The minimum absolute atomic E-state index is 0.191. The Kier molecular flexibility index (Phi) is 4.53. The summed E-state index contributed by atoms with van der Waals surface area (Å²) in [5.74, 6) is -1.17. The van der Waals surface area contributed by atoms with Gasteiger partial charge in [0.05, 0.1) is 5.57 Å². The van der Waals surface area contributed by atoms with Gasteiger partial charge in [-0.3, -0.25) is 14.5 Å². The molecule has 2 heterocycles. The fraction of sp³-hybridized carbons (Fsp3) is 0.333. The van der Waals surface area contributed by atoms with Crippen LogP contribution in [0.5, 0.6) is 0 Å². The highest BCUT2D eigenvalue weighted by atomic mass is 32.1. The Labute approximate surface area is 157 Å². The number of ketones is 1. The maximum absolute atomic E-state index is 13.1. The largest absolute Gasteiger partial charge is 0.503 e. The van der Waals surface area contributed by atoms with E-state index in [1.54, 1.807) is 25.7 Å². The van der Waals surface area contributed by atoms with Gasteiger partial charge >= 0.3 is 0 Å². The summed E-state index contributed by atoms with van der Waals surface area (Å²) in [5.41, 5.74) is 2.11. The van der Waals surface area contributed by atoms with Crippen molar-refractivity contribution < 1.29 is 14.7 Å². The number of rotatable bonds is 3. The van der Waals surface area contributed by atoms with Crippen molar-refractivity contribution in [3.63, 3.8) is 0 Å². The van der Waals surface area contributed by atoms with Crippen molar-refractivity contribution in [3.8, 4) is 0 Å². The van der Waals surface area contributed by atoms with Crippen LogP contribution in [0.15, 0.2) is 47.0 Å². The third kappa shape index (κ3) is 2.86. The van der Waals surface area contributed by atoms with Crippen LogP contribution >= 0.6 is 11.3 Å². The fourth-order valence-corrected chi connectivity index (χ4v) is 4.26. The molecule has 0 bridgehead atoms. The third-order valence-corrected chi connectivity index (χ3v) is 5.73. The van der Waals surface area contributed by atoms with Crippen LogP contribution < -0.4 is 4.90 Å². The molecule has 0 saturated carbocycles. The number of aliphatic hydroxyl groups excluding tert-OH is 1. The Bertz CT molecular complexity index is 917. The van der Waals surface area contributed by atoms with Crippen LogP contribution in [0, 0.1) is 19.3 Å². The van der Waals surface area contributed by atoms with Gasteiger partial charge in [-0.25, -0.2) is 0 Å². The van der Waals surface area contributed by atoms with E-state index in [9.17, 15) is 14.7 Å². The number of thiophene rings is 1. The summed E-state index contributed by atoms with van der Waals surface area (Å²) in [5, 5.41) is 12.6. The van der Waals surface area contributed by atoms with E-state index in [0.29, 0.717) is 5.69 Å². The highest BCUT2D eigenvalue weighted by Crippen LogP contribution is 2.46. The van der Waals surface area contributed by atoms with E-state index in [4.69, 9.17) is 0 Å². The molecule has 1 unspecified atom stereocenters. The molecule has 1 N–H and O–H groups in total. The third-order valence-electron chi connectivity index (χ3n) is 4.66. The maximum Gasteiger partial charge on any atom is 0.294 e. The molecule has 1 atom stereocenters. The molecule has 1 aliphatic heterocycles. The topological polar surface area (TPSA) is 57.6 Å². The van der Waals surface area contributed by atoms with E-state index in [0.717, 1.165) is 16.0 Å². The van der Waals surface area contributed by atoms with E-state index in [-0.39, 0.29) is 11.4 Å². The number of carbonyl (C=O) groups is 2. The molecule has 2 aromatic rings. The fourth-order valence-electron chi connectivity index (χ4n) is 3.24. The first-order valence-electron chi connectivity index (χ1n) is 8.55. The van der Waals surface area contributed by atoms with Gasteiger partial charge < -0.3 is 5.11 Å². The van der Waals surface area contributed by atoms with Crippen molar-refractivity contribution in [2.24, 2.45) is 5.41 Å². The molecule has 1 aliphatic rings. The average molecular weight is 369 g/mol. The molecule has 1 aromatic carbocycles. The van der Waals surface area contributed by atoms with Gasteiger partial charge in [0, 0.05) is 16.0 Å². The first-order chi connectivity index (χ1) is 12.1. The van der Waals surface area contributed by atoms with E-state index >= 15 is 0 Å². The van der Waals surface area contributed by atoms with Crippen molar-refractivity contribution in [1.82, 2.24) is 0 Å². The van der Waals surface area contributed by atoms with Crippen molar-refractivity contribution in [1.29, 1.82) is 0 Å². The highest BCUT2D eigenvalue weighted by Gasteiger charge is 2.47. The van der Waals surface area contributed by atoms with Crippen LogP contribution in [-0.2, 0) is 9.59 Å². The molecule has 0 spiro atoms. The van der Waals surface area contributed by atoms with Crippen LogP contribution in [0.3, 0.4) is 0 Å². The van der Waals surface area contributed by atoms with Crippen LogP contribution in [0.1, 0.15) is 42.8 Å². The molecule has 136 valence electrons. The van der Waals surface area contributed by atoms with Crippen molar-refractivity contribution in [2.45, 2.75) is 40.7 Å². The number of carbonyl (C=O) groups excluding carboxylic acids is 2. The molecular formula is C21H23NO3S. The quantitative estimate of drug-likeness (QED) is 0.839. The summed E-state index contributed by atoms with van der Waals surface area (Å²) >= 11 is 1.50. The zero-order valence-corrected chi connectivity index (χ0v) is 16.5. The zero-order chi connectivity index (χ0) is 19.2. The molecule has 0 fully saturated rings. The molecular weight excluding hydrogens is 346 g/mol. The van der Waals surface area contributed by atoms with Gasteiger partial charge in [-0.1, -0.05) is 39.0 Å². The van der Waals surface area contributed by atoms with Gasteiger partial charge in [0.15, 0.2) is 11.5 Å². The minimum Gasteiger partial charge on any atom is -0.503 e. The van der Waals surface area contributed by atoms with E-state index < -0.39 is 23.1 Å². The lowest BCUT2D eigenvalue weighted by molar-refractivity contribution is -0.123. The second-order valence-electron chi connectivity index (χ2n) is 7.67. The Morgan fingerprint density at radius 3 is 2.31 bits per heavy atom. The molecule has 1 amide bonds. The van der Waals surface area contributed by atoms with Gasteiger partial charge in [0.1, 0.15) is 6.04 Å². The lowest BCUT2D eigenvalue weighted by atomic mass is 9.83. The van der Waals surface area contributed by atoms with Crippen LogP contribution in [-0.4, -0.2) is 16.8 Å². The number of Topliss-reactive ketones (excluding diaryl/α,β-unsaturated/α-hetero) is 1. The Morgan fingerprint density at radius 2 is 1.77 bits per heavy atom. The van der Waals surface area contributed by atoms with Gasteiger partial charge in [-0.15, -0.1) is 11.3 Å². The average Bonchev–Trinajstić information content (AvgIpc) is 3.09. The monoisotopic (exact) mass is 369 g/mol. The summed E-state index contributed by atoms with van der Waals surface area (Å²) in [6, 6.07) is 8.89. The van der Waals surface area contributed by atoms with E-state index in [1.807, 2.05) is 49.6 Å². The minimum atomic E-state index is -0.700. The zero-order valence-electron chi connectivity index (χ0n) is 15.7. The second-order valence-corrected chi connectivity index (χ2v) is 8.62. The van der Waals surface area contributed by atoms with Crippen LogP contribution in [0.2, 0.25) is 0 Å². The van der Waals surface area contributed by atoms with Gasteiger partial charge in [-0.05, 0) is 42.5 Å². The van der Waals surface area contributed by atoms with E-state index in [1.165, 1.54) is 11.3 Å². The normalized spacial score (nSPS) is 18.0. The van der Waals surface area contributed by atoms with Gasteiger partial charge in [-0.2, -0.15) is 0 Å². The lowest BCUT2D eigenvalue weighted by Crippen LogP contribution is -2.33. The molecule has 0 aliphatic carbocycles. The number of para-hydroxylation sites is 1. The molecule has 0 saturated heterocycles. The van der Waals surface area contributed by atoms with E-state index in [2.05, 4.69) is 0 Å². The number of nitrogens with zero attached hydrogens (tertiary/aromatic N) is 1. The second kappa shape index (κ2) is 6.40. The number of aliphatic hydroxyl groups is 1. The summed E-state index contributed by atoms with van der Waals surface area (Å²) in [6.45, 7) is 9.28. The molecule has 5 heteroatoms. The smallest absolute Gasteiger partial charge is 0.294 e. The number of hydrogen-bond acceptors (Lipinski definition) is 4. The Hall–Kier alpha value is -2.40. The Morgan fingerprint density at radius 1 is 1.12 bits per heavy atom. The molecule has 1 aromatic heterocycles. The summed E-state index contributed by atoms with van der Waals surface area (Å²) in [6.07, 6.45) is 0. The first kappa shape index (κ1) is 18.4. The molecule has 0 radical (unpaired) electrons. The number of amides is 1. The molecule has 4 nitrogen and oxygen atoms in total. The maximum atomic E-state index is 13.1. The molecule has 3 rings (SSSR count). The summed E-state index contributed by atoms with van der Waals surface area (Å²) < 4.78 is 0. The van der Waals surface area contributed by atoms with Gasteiger partial charge in [0.25, 0.3) is 5.91 Å². The number of anilines is 1. The first-order valence-corrected chi connectivity index (χ1v) is 9.43. The highest BCUT2D eigenvalue weighted by molar-refractivity contribution is 7.10. The number of benzene rings is 1. The van der Waals surface area contributed by atoms with Crippen molar-refractivity contribution >= 4 is 28.7 Å². The SMILES string of the molecule is Cc1ccccc1N1C(=O)C(O)=C(C(=O)C(C)(C)C)C1c1sccc1C. The van der Waals surface area contributed by atoms with Crippen LogP contribution in [0.25, 0.3) is 0 Å². The predicted molar refractivity (Wildman–Crippen MR) is 105 cm³/mol. The van der Waals surface area contributed by atoms with Crippen molar-refractivity contribution in [3.05, 3.63) is 63.0 Å². The standard InChI is InChI=1S/C21H23NO3S/c1-12-8-6-7-9-14(12)22-16(18-13(2)10-11-26-18)15(17(23)20(22)25)19(24)21(3,4)5/h6-11,16,23H,1-5H3. The Balaban J connectivity index is 2.25. The summed E-state index contributed by atoms with van der Waals surface area (Å²) in [7, 11) is 0. The van der Waals surface area contributed by atoms with Crippen molar-refractivity contribution in [2.75, 3.05) is 4.90 Å². The number of hydrogen-bond donors (Lipinski definition) is 1. The number of aryl methyl sites for hydroxylation is 2. The summed E-state index contributed by atoms with van der Waals surface area (Å²) in [4.78, 5) is 28.6. The van der Waals surface area contributed by atoms with Crippen LogP contribution in [0.4, 0.5) is 5.69 Å². The van der Waals surface area contributed by atoms with Gasteiger partial charge in [0.2, 0.25) is 0 Å². The molecule has 26 heavy (non-hydrogen) atoms.